The quantitative estimate of drug-likeness (QED) is 0.566. The number of anilines is 1. The number of hydrogen-bond acceptors (Lipinski definition) is 6. The van der Waals surface area contributed by atoms with Crippen LogP contribution in [0.1, 0.15) is 39.0 Å². The van der Waals surface area contributed by atoms with Gasteiger partial charge in [-0.2, -0.15) is 5.10 Å². The van der Waals surface area contributed by atoms with Gasteiger partial charge in [0.05, 0.1) is 11.3 Å². The highest BCUT2D eigenvalue weighted by molar-refractivity contribution is 5.98. The highest BCUT2D eigenvalue weighted by Crippen LogP contribution is 2.12. The number of esters is 1. The third-order valence-corrected chi connectivity index (χ3v) is 4.29. The molecule has 2 amide bonds. The molecule has 0 aliphatic heterocycles. The van der Waals surface area contributed by atoms with E-state index in [0.717, 1.165) is 11.4 Å². The Balaban J connectivity index is 1.56. The summed E-state index contributed by atoms with van der Waals surface area (Å²) in [5.74, 6) is -0.847. The molecule has 0 fully saturated rings. The Morgan fingerprint density at radius 1 is 1.06 bits per heavy atom. The molecule has 0 spiro atoms. The van der Waals surface area contributed by atoms with E-state index in [1.165, 1.54) is 6.20 Å². The molecule has 0 bridgehead atoms. The Morgan fingerprint density at radius 3 is 2.52 bits per heavy atom. The van der Waals surface area contributed by atoms with Crippen molar-refractivity contribution in [1.29, 1.82) is 0 Å². The number of aromatic nitrogens is 3. The number of amides is 2. The molecule has 3 aromatic rings. The molecular formula is C22H23N5O4. The van der Waals surface area contributed by atoms with Crippen molar-refractivity contribution in [2.75, 3.05) is 18.5 Å². The lowest BCUT2D eigenvalue weighted by atomic mass is 10.2. The largest absolute Gasteiger partial charge is 0.452 e. The molecule has 0 aliphatic carbocycles. The van der Waals surface area contributed by atoms with E-state index in [1.54, 1.807) is 41.1 Å². The Hall–Kier alpha value is -4.01. The predicted octanol–water partition coefficient (Wildman–Crippen LogP) is 2.43. The Morgan fingerprint density at radius 2 is 1.87 bits per heavy atom. The molecular weight excluding hydrogens is 398 g/mol. The number of nitrogens with one attached hydrogen (secondary N) is 2. The Bertz CT molecular complexity index is 1110. The number of carbonyl (C=O) groups is 3. The standard InChI is InChI=1S/C22H23N5O4/c1-4-23-21(29)16-6-5-7-18(11-16)25-20(28)13-31-22(30)17-8-9-19(24-12-17)27-15(3)10-14(2)26-27/h5-12H,4,13H2,1-3H3,(H,23,29)(H,25,28). The number of ether oxygens (including phenoxy) is 1. The summed E-state index contributed by atoms with van der Waals surface area (Å²) in [6.07, 6.45) is 1.38. The fraction of sp³-hybridized carbons (Fsp3) is 0.227. The van der Waals surface area contributed by atoms with Gasteiger partial charge in [-0.05, 0) is 57.2 Å². The van der Waals surface area contributed by atoms with Crippen LogP contribution in [0.2, 0.25) is 0 Å². The molecule has 160 valence electrons. The van der Waals surface area contributed by atoms with E-state index in [1.807, 2.05) is 26.8 Å². The maximum Gasteiger partial charge on any atom is 0.340 e. The predicted molar refractivity (Wildman–Crippen MR) is 114 cm³/mol. The van der Waals surface area contributed by atoms with Crippen molar-refractivity contribution in [2.24, 2.45) is 0 Å². The Labute approximate surface area is 179 Å². The van der Waals surface area contributed by atoms with E-state index >= 15 is 0 Å². The summed E-state index contributed by atoms with van der Waals surface area (Å²) in [6, 6.07) is 11.6. The van der Waals surface area contributed by atoms with Crippen molar-refractivity contribution in [3.8, 4) is 5.82 Å². The summed E-state index contributed by atoms with van der Waals surface area (Å²) < 4.78 is 6.73. The zero-order chi connectivity index (χ0) is 22.4. The van der Waals surface area contributed by atoms with Crippen LogP contribution in [0, 0.1) is 13.8 Å². The van der Waals surface area contributed by atoms with E-state index in [0.29, 0.717) is 23.6 Å². The smallest absolute Gasteiger partial charge is 0.340 e. The molecule has 9 heteroatoms. The van der Waals surface area contributed by atoms with Crippen molar-refractivity contribution in [1.82, 2.24) is 20.1 Å². The van der Waals surface area contributed by atoms with Crippen LogP contribution in [-0.4, -0.2) is 45.7 Å². The molecule has 0 saturated carbocycles. The summed E-state index contributed by atoms with van der Waals surface area (Å²) in [6.45, 7) is 5.65. The zero-order valence-electron chi connectivity index (χ0n) is 17.5. The average Bonchev–Trinajstić information content (AvgIpc) is 3.10. The number of rotatable bonds is 7. The van der Waals surface area contributed by atoms with Crippen LogP contribution in [0.5, 0.6) is 0 Å². The van der Waals surface area contributed by atoms with Gasteiger partial charge in [-0.3, -0.25) is 9.59 Å². The second-order valence-electron chi connectivity index (χ2n) is 6.81. The van der Waals surface area contributed by atoms with Gasteiger partial charge in [0.15, 0.2) is 12.4 Å². The molecule has 0 aliphatic rings. The summed E-state index contributed by atoms with van der Waals surface area (Å²) in [7, 11) is 0. The number of pyridine rings is 1. The average molecular weight is 421 g/mol. The summed E-state index contributed by atoms with van der Waals surface area (Å²) in [5, 5.41) is 9.63. The third-order valence-electron chi connectivity index (χ3n) is 4.29. The summed E-state index contributed by atoms with van der Waals surface area (Å²) in [4.78, 5) is 40.5. The minimum Gasteiger partial charge on any atom is -0.452 e. The normalized spacial score (nSPS) is 10.4. The van der Waals surface area contributed by atoms with E-state index in [4.69, 9.17) is 4.74 Å². The van der Waals surface area contributed by atoms with Crippen LogP contribution < -0.4 is 10.6 Å². The summed E-state index contributed by atoms with van der Waals surface area (Å²) in [5.41, 5.74) is 2.86. The minimum atomic E-state index is -0.668. The van der Waals surface area contributed by atoms with Gasteiger partial charge in [0.2, 0.25) is 0 Å². The van der Waals surface area contributed by atoms with Crippen molar-refractivity contribution >= 4 is 23.5 Å². The second-order valence-corrected chi connectivity index (χ2v) is 6.81. The van der Waals surface area contributed by atoms with Crippen LogP contribution in [-0.2, 0) is 9.53 Å². The molecule has 0 radical (unpaired) electrons. The van der Waals surface area contributed by atoms with E-state index in [2.05, 4.69) is 20.7 Å². The molecule has 0 atom stereocenters. The van der Waals surface area contributed by atoms with E-state index in [9.17, 15) is 14.4 Å². The topological polar surface area (TPSA) is 115 Å². The lowest BCUT2D eigenvalue weighted by molar-refractivity contribution is -0.119. The van der Waals surface area contributed by atoms with Crippen molar-refractivity contribution in [3.63, 3.8) is 0 Å². The van der Waals surface area contributed by atoms with Gasteiger partial charge >= 0.3 is 5.97 Å². The number of benzene rings is 1. The first kappa shape index (κ1) is 21.7. The number of carbonyl (C=O) groups excluding carboxylic acids is 3. The SMILES string of the molecule is CCNC(=O)c1cccc(NC(=O)COC(=O)c2ccc(-n3nc(C)cc3C)nc2)c1. The Kier molecular flexibility index (Phi) is 6.76. The molecule has 1 aromatic carbocycles. The monoisotopic (exact) mass is 421 g/mol. The fourth-order valence-electron chi connectivity index (χ4n) is 2.91. The molecule has 3 rings (SSSR count). The molecule has 2 N–H and O–H groups in total. The molecule has 0 unspecified atom stereocenters. The van der Waals surface area contributed by atoms with E-state index in [-0.39, 0.29) is 11.5 Å². The number of aryl methyl sites for hydroxylation is 2. The fourth-order valence-corrected chi connectivity index (χ4v) is 2.91. The molecule has 0 saturated heterocycles. The van der Waals surface area contributed by atoms with Crippen molar-refractivity contribution in [2.45, 2.75) is 20.8 Å². The maximum absolute atomic E-state index is 12.2. The van der Waals surface area contributed by atoms with Crippen LogP contribution >= 0.6 is 0 Å². The van der Waals surface area contributed by atoms with E-state index < -0.39 is 18.5 Å². The second kappa shape index (κ2) is 9.66. The first-order valence-corrected chi connectivity index (χ1v) is 9.72. The highest BCUT2D eigenvalue weighted by Gasteiger charge is 2.13. The molecule has 31 heavy (non-hydrogen) atoms. The van der Waals surface area contributed by atoms with Crippen LogP contribution in [0.25, 0.3) is 5.82 Å². The minimum absolute atomic E-state index is 0.219. The first-order chi connectivity index (χ1) is 14.9. The van der Waals surface area contributed by atoms with Gasteiger partial charge in [0, 0.05) is 29.7 Å². The van der Waals surface area contributed by atoms with Crippen LogP contribution in [0.4, 0.5) is 5.69 Å². The maximum atomic E-state index is 12.2. The third kappa shape index (κ3) is 5.53. The van der Waals surface area contributed by atoms with Gasteiger partial charge < -0.3 is 15.4 Å². The van der Waals surface area contributed by atoms with Gasteiger partial charge in [-0.25, -0.2) is 14.5 Å². The van der Waals surface area contributed by atoms with Crippen LogP contribution in [0.15, 0.2) is 48.7 Å². The first-order valence-electron chi connectivity index (χ1n) is 9.72. The summed E-state index contributed by atoms with van der Waals surface area (Å²) >= 11 is 0. The van der Waals surface area contributed by atoms with Gasteiger partial charge in [0.1, 0.15) is 0 Å². The van der Waals surface area contributed by atoms with Gasteiger partial charge in [-0.1, -0.05) is 6.07 Å². The number of nitrogens with zero attached hydrogens (tertiary/aromatic N) is 3. The van der Waals surface area contributed by atoms with Crippen molar-refractivity contribution in [3.05, 3.63) is 71.2 Å². The molecule has 2 aromatic heterocycles. The zero-order valence-corrected chi connectivity index (χ0v) is 17.5. The van der Waals surface area contributed by atoms with Gasteiger partial charge in [0.25, 0.3) is 11.8 Å². The van der Waals surface area contributed by atoms with Gasteiger partial charge in [-0.15, -0.1) is 0 Å². The van der Waals surface area contributed by atoms with Crippen LogP contribution in [0.3, 0.4) is 0 Å². The number of hydrogen-bond donors (Lipinski definition) is 2. The molecule has 9 nitrogen and oxygen atoms in total. The lowest BCUT2D eigenvalue weighted by Gasteiger charge is -2.09. The van der Waals surface area contributed by atoms with Crippen molar-refractivity contribution < 1.29 is 19.1 Å². The highest BCUT2D eigenvalue weighted by atomic mass is 16.5. The molecule has 2 heterocycles. The lowest BCUT2D eigenvalue weighted by Crippen LogP contribution is -2.23.